The molecule has 0 spiro atoms. The Morgan fingerprint density at radius 3 is 2.60 bits per heavy atom. The zero-order chi connectivity index (χ0) is 14.5. The number of hydrogen-bond acceptors (Lipinski definition) is 3. The monoisotopic (exact) mass is 297 g/mol. The average molecular weight is 297 g/mol. The first kappa shape index (κ1) is 12.9. The predicted octanol–water partition coefficient (Wildman–Crippen LogP) is 2.51. The van der Waals surface area contributed by atoms with Gasteiger partial charge in [0.15, 0.2) is 5.49 Å². The molecule has 0 saturated heterocycles. The Bertz CT molecular complexity index is 839. The molecule has 0 N–H and O–H groups in total. The Hall–Kier alpha value is -2.09. The Labute approximate surface area is 114 Å². The number of halogens is 3. The number of carbonyl (C=O) groups is 1. The standard InChI is InChI=1S/C12H6F3N3OS/c1-5-6(4-7-10(16-5)18-11(19)17-7)8-2-3-9(20-8)12(13,14)15/h2-4H,1H3. The van der Waals surface area contributed by atoms with Crippen molar-refractivity contribution in [3.63, 3.8) is 0 Å². The van der Waals surface area contributed by atoms with Gasteiger partial charge in [-0.1, -0.05) is 0 Å². The molecular weight excluding hydrogens is 291 g/mol. The first-order valence-corrected chi connectivity index (χ1v) is 6.33. The van der Waals surface area contributed by atoms with E-state index in [0.29, 0.717) is 27.5 Å². The van der Waals surface area contributed by atoms with Crippen LogP contribution in [0.15, 0.2) is 28.2 Å². The number of hydrogen-bond donors (Lipinski definition) is 0. The summed E-state index contributed by atoms with van der Waals surface area (Å²) in [5.41, 5.74) is 1.25. The second kappa shape index (κ2) is 4.20. The summed E-state index contributed by atoms with van der Waals surface area (Å²) in [7, 11) is 0. The number of pyridine rings is 1. The lowest BCUT2D eigenvalue weighted by Gasteiger charge is -2.02. The molecule has 2 aromatic heterocycles. The van der Waals surface area contributed by atoms with Crippen molar-refractivity contribution in [1.82, 2.24) is 4.98 Å². The average Bonchev–Trinajstić information content (AvgIpc) is 2.92. The molecule has 0 unspecified atom stereocenters. The van der Waals surface area contributed by atoms with Crippen molar-refractivity contribution in [3.8, 4) is 10.4 Å². The highest BCUT2D eigenvalue weighted by Crippen LogP contribution is 2.38. The van der Waals surface area contributed by atoms with E-state index in [4.69, 9.17) is 0 Å². The molecule has 2 amide bonds. The highest BCUT2D eigenvalue weighted by atomic mass is 32.1. The van der Waals surface area contributed by atoms with Crippen LogP contribution in [0.4, 0.5) is 18.0 Å². The van der Waals surface area contributed by atoms with Crippen LogP contribution in [0.5, 0.6) is 0 Å². The molecule has 8 heteroatoms. The summed E-state index contributed by atoms with van der Waals surface area (Å²) in [6.45, 7) is 1.65. The molecular formula is C12H6F3N3OS. The van der Waals surface area contributed by atoms with Gasteiger partial charge in [-0.05, 0) is 25.1 Å². The first-order chi connectivity index (χ1) is 9.34. The van der Waals surface area contributed by atoms with Crippen molar-refractivity contribution in [2.24, 2.45) is 9.98 Å². The van der Waals surface area contributed by atoms with Crippen LogP contribution in [0, 0.1) is 6.92 Å². The van der Waals surface area contributed by atoms with Gasteiger partial charge in [0.05, 0.1) is 0 Å². The topological polar surface area (TPSA) is 54.7 Å². The maximum atomic E-state index is 12.6. The number of carbonyl (C=O) groups excluding carboxylic acids is 1. The Morgan fingerprint density at radius 2 is 1.95 bits per heavy atom. The molecule has 1 aliphatic heterocycles. The molecule has 4 nitrogen and oxygen atoms in total. The lowest BCUT2D eigenvalue weighted by atomic mass is 10.1. The fraction of sp³-hybridized carbons (Fsp3) is 0.167. The van der Waals surface area contributed by atoms with Crippen LogP contribution < -0.4 is 10.8 Å². The number of urea groups is 1. The van der Waals surface area contributed by atoms with Gasteiger partial charge in [0, 0.05) is 16.1 Å². The normalized spacial score (nSPS) is 13.9. The minimum Gasteiger partial charge on any atom is -0.244 e. The summed E-state index contributed by atoms with van der Waals surface area (Å²) in [6.07, 6.45) is -4.36. The molecule has 1 aliphatic rings. The second-order valence-corrected chi connectivity index (χ2v) is 5.22. The lowest BCUT2D eigenvalue weighted by molar-refractivity contribution is -0.134. The van der Waals surface area contributed by atoms with Gasteiger partial charge in [0.1, 0.15) is 10.2 Å². The Balaban J connectivity index is 2.15. The second-order valence-electron chi connectivity index (χ2n) is 4.13. The van der Waals surface area contributed by atoms with E-state index >= 15 is 0 Å². The van der Waals surface area contributed by atoms with Crippen LogP contribution >= 0.6 is 11.3 Å². The molecule has 0 fully saturated rings. The van der Waals surface area contributed by atoms with Crippen molar-refractivity contribution in [3.05, 3.63) is 39.6 Å². The largest absolute Gasteiger partial charge is 0.425 e. The van der Waals surface area contributed by atoms with Crippen molar-refractivity contribution in [2.75, 3.05) is 0 Å². The zero-order valence-corrected chi connectivity index (χ0v) is 10.8. The van der Waals surface area contributed by atoms with Gasteiger partial charge in [-0.15, -0.1) is 11.3 Å². The third-order valence-corrected chi connectivity index (χ3v) is 3.91. The number of thiophene rings is 1. The minimum atomic E-state index is -4.36. The number of amides is 2. The summed E-state index contributed by atoms with van der Waals surface area (Å²) >= 11 is 0.631. The number of nitrogens with zero attached hydrogens (tertiary/aromatic N) is 3. The number of alkyl halides is 3. The van der Waals surface area contributed by atoms with E-state index in [0.717, 1.165) is 6.07 Å². The van der Waals surface area contributed by atoms with Gasteiger partial charge in [-0.25, -0.2) is 9.78 Å². The SMILES string of the molecule is Cc1nc2c(cc1-c1ccc(C(F)(F)F)s1)=NC(=O)N=2. The molecule has 102 valence electrons. The van der Waals surface area contributed by atoms with Gasteiger partial charge in [-0.3, -0.25) is 0 Å². The maximum absolute atomic E-state index is 12.6. The molecule has 0 saturated carbocycles. The summed E-state index contributed by atoms with van der Waals surface area (Å²) in [5.74, 6) is 0. The smallest absolute Gasteiger partial charge is 0.244 e. The Morgan fingerprint density at radius 1 is 1.20 bits per heavy atom. The van der Waals surface area contributed by atoms with Crippen molar-refractivity contribution in [1.29, 1.82) is 0 Å². The summed E-state index contributed by atoms with van der Waals surface area (Å²) in [5, 5.41) is 0.289. The van der Waals surface area contributed by atoms with E-state index < -0.39 is 17.1 Å². The van der Waals surface area contributed by atoms with E-state index in [9.17, 15) is 18.0 Å². The fourth-order valence-corrected chi connectivity index (χ4v) is 2.79. The third kappa shape index (κ3) is 2.11. The summed E-state index contributed by atoms with van der Waals surface area (Å²) in [6, 6.07) is 3.31. The van der Waals surface area contributed by atoms with E-state index in [2.05, 4.69) is 15.0 Å². The zero-order valence-electron chi connectivity index (χ0n) is 10.0. The number of aromatic nitrogens is 1. The van der Waals surface area contributed by atoms with E-state index in [1.54, 1.807) is 6.92 Å². The third-order valence-electron chi connectivity index (χ3n) is 2.74. The van der Waals surface area contributed by atoms with Crippen molar-refractivity contribution >= 4 is 17.4 Å². The van der Waals surface area contributed by atoms with Crippen LogP contribution in [0.2, 0.25) is 0 Å². The Kier molecular flexibility index (Phi) is 2.72. The lowest BCUT2D eigenvalue weighted by Crippen LogP contribution is -2.26. The maximum Gasteiger partial charge on any atom is 0.425 e. The quantitative estimate of drug-likeness (QED) is 0.812. The number of rotatable bonds is 1. The molecule has 0 atom stereocenters. The van der Waals surface area contributed by atoms with E-state index in [1.165, 1.54) is 12.1 Å². The number of fused-ring (bicyclic) bond motifs is 1. The highest BCUT2D eigenvalue weighted by molar-refractivity contribution is 7.15. The molecule has 0 bridgehead atoms. The van der Waals surface area contributed by atoms with Crippen LogP contribution in [-0.4, -0.2) is 11.0 Å². The minimum absolute atomic E-state index is 0.212. The van der Waals surface area contributed by atoms with Crippen LogP contribution in [0.25, 0.3) is 10.4 Å². The molecule has 0 aromatic carbocycles. The van der Waals surface area contributed by atoms with E-state index in [1.807, 2.05) is 0 Å². The van der Waals surface area contributed by atoms with Gasteiger partial charge in [0.25, 0.3) is 0 Å². The molecule has 3 rings (SSSR count). The summed E-state index contributed by atoms with van der Waals surface area (Å²) in [4.78, 5) is 22.2. The molecule has 3 heterocycles. The predicted molar refractivity (Wildman–Crippen MR) is 65.0 cm³/mol. The first-order valence-electron chi connectivity index (χ1n) is 5.51. The van der Waals surface area contributed by atoms with Gasteiger partial charge in [0.2, 0.25) is 0 Å². The van der Waals surface area contributed by atoms with Gasteiger partial charge < -0.3 is 0 Å². The van der Waals surface area contributed by atoms with Crippen LogP contribution in [-0.2, 0) is 6.18 Å². The highest BCUT2D eigenvalue weighted by Gasteiger charge is 2.32. The fourth-order valence-electron chi connectivity index (χ4n) is 1.85. The molecule has 0 aliphatic carbocycles. The van der Waals surface area contributed by atoms with E-state index in [-0.39, 0.29) is 10.8 Å². The van der Waals surface area contributed by atoms with Crippen molar-refractivity contribution in [2.45, 2.75) is 13.1 Å². The molecule has 0 radical (unpaired) electrons. The van der Waals surface area contributed by atoms with Crippen LogP contribution in [0.3, 0.4) is 0 Å². The van der Waals surface area contributed by atoms with Crippen LogP contribution in [0.1, 0.15) is 10.6 Å². The van der Waals surface area contributed by atoms with Crippen molar-refractivity contribution < 1.29 is 18.0 Å². The van der Waals surface area contributed by atoms with Gasteiger partial charge in [-0.2, -0.15) is 23.2 Å². The summed E-state index contributed by atoms with van der Waals surface area (Å²) < 4.78 is 37.8. The van der Waals surface area contributed by atoms with Gasteiger partial charge >= 0.3 is 12.2 Å². The molecule has 20 heavy (non-hydrogen) atoms. The molecule has 2 aromatic rings. The number of aryl methyl sites for hydroxylation is 1.